The first-order chi connectivity index (χ1) is 29.9. The lowest BCUT2D eigenvalue weighted by Gasteiger charge is -2.30. The van der Waals surface area contributed by atoms with Crippen LogP contribution < -0.4 is 32.3 Å². The van der Waals surface area contributed by atoms with Crippen molar-refractivity contribution in [2.75, 3.05) is 6.54 Å². The average Bonchev–Trinajstić information content (AvgIpc) is 3.72. The number of hydrogen-bond acceptors (Lipinski definition) is 11. The van der Waals surface area contributed by atoms with Crippen LogP contribution in [0.4, 0.5) is 0 Å². The molecular weight excluding hydrogens is 815 g/mol. The second kappa shape index (κ2) is 26.4. The Hall–Kier alpha value is -5.26. The van der Waals surface area contributed by atoms with Gasteiger partial charge in [0.15, 0.2) is 0 Å². The first-order valence-corrected chi connectivity index (χ1v) is 22.7. The van der Waals surface area contributed by atoms with E-state index in [1.54, 1.807) is 26.0 Å². The summed E-state index contributed by atoms with van der Waals surface area (Å²) in [5.74, 6) is -6.22. The Morgan fingerprint density at radius 1 is 0.778 bits per heavy atom. The predicted molar refractivity (Wildman–Crippen MR) is 233 cm³/mol. The van der Waals surface area contributed by atoms with E-state index in [1.807, 2.05) is 0 Å². The van der Waals surface area contributed by atoms with Crippen molar-refractivity contribution in [2.45, 2.75) is 186 Å². The smallest absolute Gasteiger partial charge is 0.329 e. The van der Waals surface area contributed by atoms with Gasteiger partial charge >= 0.3 is 5.97 Å². The Bertz CT molecular complexity index is 1710. The summed E-state index contributed by atoms with van der Waals surface area (Å²) in [4.78, 5) is 110. The summed E-state index contributed by atoms with van der Waals surface area (Å²) in [6.07, 6.45) is 6.19. The van der Waals surface area contributed by atoms with Crippen molar-refractivity contribution in [1.29, 1.82) is 0 Å². The fourth-order valence-electron chi connectivity index (χ4n) is 7.81. The highest BCUT2D eigenvalue weighted by atomic mass is 16.5. The lowest BCUT2D eigenvalue weighted by molar-refractivity contribution is -0.155. The van der Waals surface area contributed by atoms with Crippen LogP contribution in [0.1, 0.15) is 136 Å². The summed E-state index contributed by atoms with van der Waals surface area (Å²) in [6, 6.07) is -1.57. The standard InChI is InChI=1S/C45H71N7O11/c1-6-7-8-9-10-11-12-15-32-16-13-18-37(56)50-39(29(5)53)43(60)47-28(4)44(61)52-25-14-17-35(52)42(59)48-33(23-24-36(46)55)40(57)49-34(26-30-19-21-31(54)22-20-30)41(58)51-38(27(2)3)45(62)63-32/h19-22,27-29,32-35,38-39,53-54H,6-18,23-26H2,1-5H3,(H2,46,55)(H,47,60)(H,48,59)(H,49,57)(H,50,56)(H,51,58)/t28-,29-,32?,33+,34-,35+,38?,39?/m1/s1. The Morgan fingerprint density at radius 2 is 1.41 bits per heavy atom. The van der Waals surface area contributed by atoms with Crippen LogP contribution in [-0.2, 0) is 49.5 Å². The Kier molecular flexibility index (Phi) is 21.8. The Labute approximate surface area is 370 Å². The van der Waals surface area contributed by atoms with E-state index in [9.17, 15) is 48.6 Å². The fourth-order valence-corrected chi connectivity index (χ4v) is 7.81. The largest absolute Gasteiger partial charge is 0.508 e. The van der Waals surface area contributed by atoms with Gasteiger partial charge in [0, 0.05) is 25.8 Å². The summed E-state index contributed by atoms with van der Waals surface area (Å²) >= 11 is 0. The molecule has 2 saturated heterocycles. The van der Waals surface area contributed by atoms with Crippen LogP contribution in [0.2, 0.25) is 0 Å². The zero-order valence-corrected chi connectivity index (χ0v) is 37.6. The Morgan fingerprint density at radius 3 is 2.05 bits per heavy atom. The van der Waals surface area contributed by atoms with Crippen LogP contribution in [0.15, 0.2) is 24.3 Å². The van der Waals surface area contributed by atoms with Gasteiger partial charge in [0.05, 0.1) is 6.10 Å². The number of carbonyl (C=O) groups excluding carboxylic acids is 8. The van der Waals surface area contributed by atoms with Crippen LogP contribution in [0.25, 0.3) is 0 Å². The van der Waals surface area contributed by atoms with Crippen LogP contribution in [0.3, 0.4) is 0 Å². The van der Waals surface area contributed by atoms with Crippen molar-refractivity contribution in [1.82, 2.24) is 31.5 Å². The molecule has 1 aromatic rings. The number of phenolic OH excluding ortho intramolecular Hbond substituents is 1. The first kappa shape index (κ1) is 52.1. The number of carbonyl (C=O) groups is 8. The van der Waals surface area contributed by atoms with E-state index in [2.05, 4.69) is 33.5 Å². The van der Waals surface area contributed by atoms with E-state index in [-0.39, 0.29) is 50.8 Å². The normalized spacial score (nSPS) is 25.7. The number of fused-ring (bicyclic) bond motifs is 1. The zero-order chi connectivity index (χ0) is 46.6. The van der Waals surface area contributed by atoms with Crippen LogP contribution in [0.5, 0.6) is 5.75 Å². The number of hydrogen-bond donors (Lipinski definition) is 8. The van der Waals surface area contributed by atoms with Crippen molar-refractivity contribution < 1.29 is 53.3 Å². The number of amides is 7. The van der Waals surface area contributed by atoms with Gasteiger partial charge in [0.25, 0.3) is 0 Å². The maximum Gasteiger partial charge on any atom is 0.329 e. The molecule has 63 heavy (non-hydrogen) atoms. The van der Waals surface area contributed by atoms with Crippen molar-refractivity contribution in [3.05, 3.63) is 29.8 Å². The molecule has 3 rings (SSSR count). The molecule has 18 nitrogen and oxygen atoms in total. The number of esters is 1. The molecule has 0 aromatic heterocycles. The summed E-state index contributed by atoms with van der Waals surface area (Å²) in [6.45, 7) is 8.50. The van der Waals surface area contributed by atoms with E-state index in [0.29, 0.717) is 24.8 Å². The van der Waals surface area contributed by atoms with E-state index in [0.717, 1.165) is 44.9 Å². The number of primary amides is 1. The highest BCUT2D eigenvalue weighted by molar-refractivity contribution is 5.97. The molecule has 352 valence electrons. The molecule has 2 aliphatic heterocycles. The number of aliphatic hydroxyl groups excluding tert-OH is 1. The van der Waals surface area contributed by atoms with Crippen molar-refractivity contribution in [3.8, 4) is 5.75 Å². The van der Waals surface area contributed by atoms with Gasteiger partial charge in [-0.15, -0.1) is 0 Å². The number of benzene rings is 1. The van der Waals surface area contributed by atoms with Crippen LogP contribution >= 0.6 is 0 Å². The molecule has 0 saturated carbocycles. The maximum absolute atomic E-state index is 14.2. The van der Waals surface area contributed by atoms with E-state index < -0.39 is 102 Å². The Balaban J connectivity index is 2.01. The average molecular weight is 886 g/mol. The molecule has 0 spiro atoms. The molecule has 0 aliphatic carbocycles. The third-order valence-corrected chi connectivity index (χ3v) is 11.5. The molecule has 7 amide bonds. The number of aromatic hydroxyl groups is 1. The number of ether oxygens (including phenoxy) is 1. The summed E-state index contributed by atoms with van der Waals surface area (Å²) in [5.41, 5.74) is 5.98. The molecule has 3 unspecified atom stereocenters. The van der Waals surface area contributed by atoms with Gasteiger partial charge < -0.3 is 52.2 Å². The third-order valence-electron chi connectivity index (χ3n) is 11.5. The van der Waals surface area contributed by atoms with Gasteiger partial charge in [0.1, 0.15) is 48.1 Å². The van der Waals surface area contributed by atoms with E-state index >= 15 is 0 Å². The van der Waals surface area contributed by atoms with E-state index in [4.69, 9.17) is 10.5 Å². The van der Waals surface area contributed by atoms with Gasteiger partial charge in [-0.2, -0.15) is 0 Å². The molecule has 18 heteroatoms. The van der Waals surface area contributed by atoms with Gasteiger partial charge in [-0.1, -0.05) is 71.4 Å². The minimum absolute atomic E-state index is 0.0235. The predicted octanol–water partition coefficient (Wildman–Crippen LogP) is 1.91. The lowest BCUT2D eigenvalue weighted by atomic mass is 10.00. The molecule has 2 aliphatic rings. The molecule has 1 aromatic carbocycles. The molecule has 0 radical (unpaired) electrons. The third kappa shape index (κ3) is 17.4. The maximum atomic E-state index is 14.2. The minimum atomic E-state index is -1.41. The first-order valence-electron chi connectivity index (χ1n) is 22.7. The summed E-state index contributed by atoms with van der Waals surface area (Å²) in [5, 5.41) is 33.6. The van der Waals surface area contributed by atoms with Gasteiger partial charge in [-0.3, -0.25) is 33.6 Å². The number of nitrogens with zero attached hydrogens (tertiary/aromatic N) is 1. The zero-order valence-electron chi connectivity index (χ0n) is 37.6. The fraction of sp³-hybridized carbons (Fsp3) is 0.689. The summed E-state index contributed by atoms with van der Waals surface area (Å²) < 4.78 is 6.06. The van der Waals surface area contributed by atoms with Gasteiger partial charge in [0.2, 0.25) is 41.4 Å². The molecular formula is C45H71N7O11. The minimum Gasteiger partial charge on any atom is -0.508 e. The molecule has 8 atom stereocenters. The molecule has 9 N–H and O–H groups in total. The quantitative estimate of drug-likeness (QED) is 0.0931. The van der Waals surface area contributed by atoms with Gasteiger partial charge in [-0.05, 0) is 82.4 Å². The van der Waals surface area contributed by atoms with Crippen LogP contribution in [-0.4, -0.2) is 117 Å². The van der Waals surface area contributed by atoms with Crippen molar-refractivity contribution in [2.24, 2.45) is 11.7 Å². The molecule has 2 heterocycles. The second-order valence-electron chi connectivity index (χ2n) is 17.3. The SMILES string of the molecule is CCCCCCCCCC1CCCC(=O)NC([C@@H](C)O)C(=O)N[C@H](C)C(=O)N2CCC[C@H]2C(=O)N[C@@H](CCC(N)=O)C(=O)N[C@H](Cc2ccc(O)cc2)C(=O)NC(C(C)C)C(=O)O1. The van der Waals surface area contributed by atoms with Crippen molar-refractivity contribution >= 4 is 47.3 Å². The number of nitrogens with one attached hydrogen (secondary N) is 5. The molecule has 0 bridgehead atoms. The van der Waals surface area contributed by atoms with Crippen LogP contribution in [0, 0.1) is 5.92 Å². The van der Waals surface area contributed by atoms with E-state index in [1.165, 1.54) is 30.9 Å². The highest BCUT2D eigenvalue weighted by Gasteiger charge is 2.40. The number of cyclic esters (lactones) is 1. The number of rotatable bonds is 15. The van der Waals surface area contributed by atoms with Gasteiger partial charge in [-0.25, -0.2) is 4.79 Å². The number of phenols is 1. The highest BCUT2D eigenvalue weighted by Crippen LogP contribution is 2.21. The molecule has 2 fully saturated rings. The number of unbranched alkanes of at least 4 members (excludes halogenated alkanes) is 6. The lowest BCUT2D eigenvalue weighted by Crippen LogP contribution is -2.60. The number of aliphatic hydroxyl groups is 1. The van der Waals surface area contributed by atoms with Crippen molar-refractivity contribution in [3.63, 3.8) is 0 Å². The topological polar surface area (TPSA) is 276 Å². The monoisotopic (exact) mass is 886 g/mol. The summed E-state index contributed by atoms with van der Waals surface area (Å²) in [7, 11) is 0. The second-order valence-corrected chi connectivity index (χ2v) is 17.3. The number of nitrogens with two attached hydrogens (primary N) is 1.